The van der Waals surface area contributed by atoms with Crippen molar-refractivity contribution in [3.05, 3.63) is 34.1 Å². The topological polar surface area (TPSA) is 148 Å². The summed E-state index contributed by atoms with van der Waals surface area (Å²) in [6.45, 7) is 3.02. The molecule has 3 heterocycles. The largest absolute Gasteiger partial charge is 0.490 e. The second kappa shape index (κ2) is 11.5. The Morgan fingerprint density at radius 1 is 1.41 bits per heavy atom. The van der Waals surface area contributed by atoms with E-state index in [4.69, 9.17) is 9.90 Å². The first-order chi connectivity index (χ1) is 15.8. The number of nitrogens with one attached hydrogen (secondary N) is 2. The Morgan fingerprint density at radius 3 is 2.50 bits per heavy atom. The van der Waals surface area contributed by atoms with E-state index in [-0.39, 0.29) is 6.04 Å². The lowest BCUT2D eigenvalue weighted by atomic mass is 10.1. The number of sulfonamides is 1. The van der Waals surface area contributed by atoms with Gasteiger partial charge >= 0.3 is 12.1 Å². The number of piperidine rings is 1. The highest BCUT2D eigenvalue weighted by Gasteiger charge is 2.38. The second-order valence-corrected chi connectivity index (χ2v) is 10.1. The summed E-state index contributed by atoms with van der Waals surface area (Å²) in [5.41, 5.74) is 2.12. The third-order valence-corrected chi connectivity index (χ3v) is 6.97. The van der Waals surface area contributed by atoms with E-state index in [2.05, 4.69) is 33.6 Å². The molecule has 2 aliphatic rings. The number of carboxylic acid groups (broad SMARTS) is 1. The minimum Gasteiger partial charge on any atom is -0.475 e. The summed E-state index contributed by atoms with van der Waals surface area (Å²) in [4.78, 5) is 17.6. The molecule has 1 aromatic rings. The number of nitriles is 1. The Balaban J connectivity index is 0.000000509. The summed E-state index contributed by atoms with van der Waals surface area (Å²) in [5.74, 6) is -2.31. The monoisotopic (exact) mass is 520 g/mol. The predicted molar refractivity (Wildman–Crippen MR) is 120 cm³/mol. The Hall–Kier alpha value is -2.83. The number of anilines is 1. The van der Waals surface area contributed by atoms with Gasteiger partial charge in [-0.2, -0.15) is 18.4 Å². The minimum atomic E-state index is -5.08. The number of halogens is 3. The molecule has 186 valence electrons. The molecule has 0 unspecified atom stereocenters. The molecule has 15 heteroatoms. The van der Waals surface area contributed by atoms with Gasteiger partial charge in [0.2, 0.25) is 16.0 Å². The average Bonchev–Trinajstić information content (AvgIpc) is 3.23. The number of hydrogen-bond donors (Lipinski definition) is 3. The minimum absolute atomic E-state index is 0.101. The standard InChI is InChI=1S/C17H22N6O2S2.C2HF3O2/c1-3-12-11-26-16(20-12)14(10-18)15-4-7-19-17(22-15)21-13-5-8-23(9-6-13)27(2,24)25;3-2(4,5)1(6)7/h4,7,11,13,20H,3,5-6,8-9H2,1-2H3,(H,19,21,22);(H,6,7). The summed E-state index contributed by atoms with van der Waals surface area (Å²) in [7, 11) is -3.14. The van der Waals surface area contributed by atoms with Crippen molar-refractivity contribution in [2.45, 2.75) is 38.4 Å². The summed E-state index contributed by atoms with van der Waals surface area (Å²) in [5, 5.41) is 26.0. The first kappa shape index (κ1) is 27.4. The Kier molecular flexibility index (Phi) is 9.30. The molecular formula is C19H23F3N6O4S2. The fourth-order valence-corrected chi connectivity index (χ4v) is 4.75. The molecule has 3 N–H and O–H groups in total. The molecule has 0 aliphatic carbocycles. The molecule has 0 amide bonds. The van der Waals surface area contributed by atoms with Crippen LogP contribution in [0.5, 0.6) is 0 Å². The van der Waals surface area contributed by atoms with Gasteiger partial charge in [0, 0.05) is 31.0 Å². The van der Waals surface area contributed by atoms with Gasteiger partial charge in [-0.3, -0.25) is 0 Å². The van der Waals surface area contributed by atoms with E-state index in [1.807, 2.05) is 5.41 Å². The van der Waals surface area contributed by atoms with Crippen molar-refractivity contribution in [1.29, 1.82) is 5.26 Å². The zero-order chi connectivity index (χ0) is 25.5. The lowest BCUT2D eigenvalue weighted by Crippen LogP contribution is -2.42. The SMILES string of the molecule is CCC1=CSC(=C(C#N)c2ccnc(NC3CCN(S(C)(=O)=O)CC3)n2)N1.O=C(O)C(F)(F)F. The molecule has 10 nitrogen and oxygen atoms in total. The normalized spacial score (nSPS) is 18.6. The van der Waals surface area contributed by atoms with Gasteiger partial charge in [0.15, 0.2) is 0 Å². The summed E-state index contributed by atoms with van der Waals surface area (Å²) in [6, 6.07) is 4.05. The highest BCUT2D eigenvalue weighted by Crippen LogP contribution is 2.32. The molecule has 1 aromatic heterocycles. The van der Waals surface area contributed by atoms with E-state index in [1.165, 1.54) is 22.3 Å². The van der Waals surface area contributed by atoms with E-state index >= 15 is 0 Å². The van der Waals surface area contributed by atoms with E-state index < -0.39 is 22.2 Å². The number of thioether (sulfide) groups is 1. The van der Waals surface area contributed by atoms with Crippen molar-refractivity contribution in [2.75, 3.05) is 24.7 Å². The van der Waals surface area contributed by atoms with Crippen LogP contribution in [0.1, 0.15) is 31.9 Å². The number of carboxylic acids is 1. The highest BCUT2D eigenvalue weighted by atomic mass is 32.2. The number of nitrogens with zero attached hydrogens (tertiary/aromatic N) is 4. The molecule has 1 fully saturated rings. The first-order valence-corrected chi connectivity index (χ1v) is 12.7. The van der Waals surface area contributed by atoms with E-state index in [9.17, 15) is 26.9 Å². The van der Waals surface area contributed by atoms with E-state index in [0.717, 1.165) is 17.1 Å². The summed E-state index contributed by atoms with van der Waals surface area (Å²) < 4.78 is 56.4. The van der Waals surface area contributed by atoms with Crippen molar-refractivity contribution in [1.82, 2.24) is 19.6 Å². The third-order valence-electron chi connectivity index (χ3n) is 4.72. The summed E-state index contributed by atoms with van der Waals surface area (Å²) in [6.07, 6.45) is 0.0279. The molecule has 2 aliphatic heterocycles. The van der Waals surface area contributed by atoms with Gasteiger partial charge in [-0.1, -0.05) is 18.7 Å². The van der Waals surface area contributed by atoms with Crippen molar-refractivity contribution >= 4 is 39.3 Å². The van der Waals surface area contributed by atoms with Gasteiger partial charge in [-0.05, 0) is 30.7 Å². The molecule has 0 bridgehead atoms. The van der Waals surface area contributed by atoms with Crippen LogP contribution in [0.4, 0.5) is 19.1 Å². The second-order valence-electron chi connectivity index (χ2n) is 7.20. The van der Waals surface area contributed by atoms with Crippen LogP contribution in [0.15, 0.2) is 28.4 Å². The number of allylic oxidation sites excluding steroid dienone is 2. The quantitative estimate of drug-likeness (QED) is 0.495. The lowest BCUT2D eigenvalue weighted by Gasteiger charge is -2.30. The van der Waals surface area contributed by atoms with Gasteiger partial charge in [0.05, 0.1) is 17.0 Å². The molecule has 0 radical (unpaired) electrons. The molecule has 1 saturated heterocycles. The van der Waals surface area contributed by atoms with Crippen LogP contribution < -0.4 is 10.6 Å². The lowest BCUT2D eigenvalue weighted by molar-refractivity contribution is -0.192. The van der Waals surface area contributed by atoms with Crippen LogP contribution >= 0.6 is 11.8 Å². The van der Waals surface area contributed by atoms with Crippen molar-refractivity contribution in [2.24, 2.45) is 0 Å². The van der Waals surface area contributed by atoms with E-state index in [0.29, 0.717) is 43.1 Å². The molecular weight excluding hydrogens is 497 g/mol. The molecule has 0 aromatic carbocycles. The maximum absolute atomic E-state index is 11.6. The number of aromatic nitrogens is 2. The van der Waals surface area contributed by atoms with Crippen LogP contribution in [-0.2, 0) is 14.8 Å². The smallest absolute Gasteiger partial charge is 0.475 e. The molecule has 0 atom stereocenters. The number of alkyl halides is 3. The van der Waals surface area contributed by atoms with Gasteiger partial charge in [0.25, 0.3) is 0 Å². The fraction of sp³-hybridized carbons (Fsp3) is 0.474. The van der Waals surface area contributed by atoms with E-state index in [1.54, 1.807) is 12.3 Å². The van der Waals surface area contributed by atoms with Crippen molar-refractivity contribution < 1.29 is 31.5 Å². The number of aliphatic carboxylic acids is 1. The zero-order valence-corrected chi connectivity index (χ0v) is 19.9. The van der Waals surface area contributed by atoms with Crippen LogP contribution in [-0.4, -0.2) is 65.3 Å². The van der Waals surface area contributed by atoms with Gasteiger partial charge in [-0.15, -0.1) is 0 Å². The number of carbonyl (C=O) groups is 1. The van der Waals surface area contributed by atoms with Crippen molar-refractivity contribution in [3.8, 4) is 6.07 Å². The number of hydrogen-bond acceptors (Lipinski definition) is 9. The maximum Gasteiger partial charge on any atom is 0.490 e. The van der Waals surface area contributed by atoms with Crippen LogP contribution in [0.3, 0.4) is 0 Å². The highest BCUT2D eigenvalue weighted by molar-refractivity contribution is 8.06. The summed E-state index contributed by atoms with van der Waals surface area (Å²) >= 11 is 1.49. The molecule has 3 rings (SSSR count). The molecule has 34 heavy (non-hydrogen) atoms. The number of rotatable bonds is 5. The van der Waals surface area contributed by atoms with Crippen LogP contribution in [0.25, 0.3) is 5.57 Å². The fourth-order valence-electron chi connectivity index (χ4n) is 2.93. The van der Waals surface area contributed by atoms with Gasteiger partial charge in [-0.25, -0.2) is 27.5 Å². The third kappa shape index (κ3) is 7.89. The average molecular weight is 521 g/mol. The Labute approximate surface area is 199 Å². The van der Waals surface area contributed by atoms with Gasteiger partial charge in [0.1, 0.15) is 11.6 Å². The molecule has 0 saturated carbocycles. The Bertz CT molecular complexity index is 1110. The van der Waals surface area contributed by atoms with Crippen molar-refractivity contribution in [3.63, 3.8) is 0 Å². The first-order valence-electron chi connectivity index (χ1n) is 9.97. The van der Waals surface area contributed by atoms with Gasteiger partial charge < -0.3 is 15.7 Å². The zero-order valence-electron chi connectivity index (χ0n) is 18.3. The van der Waals surface area contributed by atoms with Crippen LogP contribution in [0.2, 0.25) is 0 Å². The Morgan fingerprint density at radius 2 is 2.03 bits per heavy atom. The molecule has 0 spiro atoms. The van der Waals surface area contributed by atoms with Crippen LogP contribution in [0, 0.1) is 11.3 Å². The predicted octanol–water partition coefficient (Wildman–Crippen LogP) is 2.73. The maximum atomic E-state index is 11.6.